The molecule has 1 aliphatic heterocycles. The van der Waals surface area contributed by atoms with E-state index in [0.29, 0.717) is 5.91 Å². The molecule has 0 spiro atoms. The summed E-state index contributed by atoms with van der Waals surface area (Å²) in [5.74, 6) is 1.42. The highest BCUT2D eigenvalue weighted by Crippen LogP contribution is 2.26. The van der Waals surface area contributed by atoms with Crippen molar-refractivity contribution < 1.29 is 4.79 Å². The quantitative estimate of drug-likeness (QED) is 0.599. The van der Waals surface area contributed by atoms with E-state index in [1.165, 1.54) is 24.8 Å². The van der Waals surface area contributed by atoms with Crippen LogP contribution in [0.5, 0.6) is 0 Å². The van der Waals surface area contributed by atoms with Crippen molar-refractivity contribution >= 4 is 23.5 Å². The van der Waals surface area contributed by atoms with Crippen molar-refractivity contribution in [1.29, 1.82) is 0 Å². The molecule has 1 amide bonds. The second-order valence-electron chi connectivity index (χ2n) is 7.63. The molecule has 27 heavy (non-hydrogen) atoms. The molecular weight excluding hydrogens is 360 g/mol. The maximum Gasteiger partial charge on any atom is 0.225 e. The topological polar surface area (TPSA) is 56.7 Å². The Kier molecular flexibility index (Phi) is 7.39. The van der Waals surface area contributed by atoms with E-state index in [2.05, 4.69) is 21.7 Å². The van der Waals surface area contributed by atoms with Gasteiger partial charge in [0.2, 0.25) is 5.91 Å². The van der Waals surface area contributed by atoms with Crippen LogP contribution in [-0.2, 0) is 11.2 Å². The van der Waals surface area contributed by atoms with Crippen LogP contribution in [0.25, 0.3) is 0 Å². The third-order valence-electron chi connectivity index (χ3n) is 5.61. The van der Waals surface area contributed by atoms with E-state index in [0.717, 1.165) is 56.3 Å². The summed E-state index contributed by atoms with van der Waals surface area (Å²) >= 11 is 6.03. The Labute approximate surface area is 167 Å². The predicted molar refractivity (Wildman–Crippen MR) is 111 cm³/mol. The first kappa shape index (κ1) is 20.0. The van der Waals surface area contributed by atoms with E-state index < -0.39 is 0 Å². The van der Waals surface area contributed by atoms with Gasteiger partial charge in [-0.05, 0) is 43.4 Å². The fourth-order valence-electron chi connectivity index (χ4n) is 4.09. The lowest BCUT2D eigenvalue weighted by atomic mass is 9.88. The van der Waals surface area contributed by atoms with Crippen LogP contribution in [0, 0.1) is 5.92 Å². The molecule has 2 aliphatic rings. The number of hydrogen-bond acceptors (Lipinski definition) is 2. The van der Waals surface area contributed by atoms with Crippen LogP contribution >= 0.6 is 11.6 Å². The summed E-state index contributed by atoms with van der Waals surface area (Å²) in [4.78, 5) is 19.1. The van der Waals surface area contributed by atoms with Crippen LogP contribution in [-0.4, -0.2) is 49.5 Å². The molecule has 1 heterocycles. The van der Waals surface area contributed by atoms with Gasteiger partial charge in [0, 0.05) is 43.7 Å². The number of amides is 1. The molecule has 5 nitrogen and oxygen atoms in total. The SMILES string of the molecule is CN=C(NCCc1cccc(Cl)c1)NC1CCN(C(=O)C2CCCCC2)C1. The van der Waals surface area contributed by atoms with E-state index >= 15 is 0 Å². The summed E-state index contributed by atoms with van der Waals surface area (Å²) in [6, 6.07) is 8.20. The van der Waals surface area contributed by atoms with Crippen LogP contribution in [0.15, 0.2) is 29.3 Å². The van der Waals surface area contributed by atoms with E-state index in [1.807, 2.05) is 23.1 Å². The van der Waals surface area contributed by atoms with Gasteiger partial charge in [-0.25, -0.2) is 0 Å². The van der Waals surface area contributed by atoms with Gasteiger partial charge in [0.1, 0.15) is 0 Å². The molecule has 0 radical (unpaired) electrons. The molecule has 1 aromatic rings. The maximum absolute atomic E-state index is 12.7. The number of benzene rings is 1. The Morgan fingerprint density at radius 2 is 2.07 bits per heavy atom. The summed E-state index contributed by atoms with van der Waals surface area (Å²) in [7, 11) is 1.79. The lowest BCUT2D eigenvalue weighted by molar-refractivity contribution is -0.135. The summed E-state index contributed by atoms with van der Waals surface area (Å²) < 4.78 is 0. The van der Waals surface area contributed by atoms with Gasteiger partial charge in [0.15, 0.2) is 5.96 Å². The first-order valence-corrected chi connectivity index (χ1v) is 10.5. The first-order valence-electron chi connectivity index (χ1n) is 10.2. The third kappa shape index (κ3) is 5.86. The van der Waals surface area contributed by atoms with E-state index in [-0.39, 0.29) is 12.0 Å². The van der Waals surface area contributed by atoms with Gasteiger partial charge in [-0.15, -0.1) is 0 Å². The number of nitrogens with zero attached hydrogens (tertiary/aromatic N) is 2. The molecule has 1 aromatic carbocycles. The van der Waals surface area contributed by atoms with Crippen LogP contribution in [0.3, 0.4) is 0 Å². The van der Waals surface area contributed by atoms with Gasteiger partial charge >= 0.3 is 0 Å². The monoisotopic (exact) mass is 390 g/mol. The Hall–Kier alpha value is -1.75. The summed E-state index contributed by atoms with van der Waals surface area (Å²) in [6.45, 7) is 2.42. The van der Waals surface area contributed by atoms with Gasteiger partial charge in [0.25, 0.3) is 0 Å². The lowest BCUT2D eigenvalue weighted by Crippen LogP contribution is -2.46. The average molecular weight is 391 g/mol. The van der Waals surface area contributed by atoms with Crippen molar-refractivity contribution in [2.24, 2.45) is 10.9 Å². The fourth-order valence-corrected chi connectivity index (χ4v) is 4.30. The standard InChI is InChI=1S/C21H31ClN4O/c1-23-21(24-12-10-16-6-5-9-18(22)14-16)25-19-11-13-26(15-19)20(27)17-7-3-2-4-8-17/h5-6,9,14,17,19H,2-4,7-8,10-13,15H2,1H3,(H2,23,24,25). The average Bonchev–Trinajstić information content (AvgIpc) is 3.16. The van der Waals surface area contributed by atoms with Gasteiger partial charge in [-0.2, -0.15) is 0 Å². The largest absolute Gasteiger partial charge is 0.356 e. The van der Waals surface area contributed by atoms with Crippen molar-refractivity contribution in [1.82, 2.24) is 15.5 Å². The first-order chi connectivity index (χ1) is 13.2. The van der Waals surface area contributed by atoms with Crippen LogP contribution < -0.4 is 10.6 Å². The summed E-state index contributed by atoms with van der Waals surface area (Å²) in [5.41, 5.74) is 1.20. The molecule has 1 aliphatic carbocycles. The van der Waals surface area contributed by atoms with Gasteiger partial charge in [-0.1, -0.05) is 43.0 Å². The van der Waals surface area contributed by atoms with Crippen molar-refractivity contribution in [3.63, 3.8) is 0 Å². The highest BCUT2D eigenvalue weighted by molar-refractivity contribution is 6.30. The predicted octanol–water partition coefficient (Wildman–Crippen LogP) is 3.23. The molecular formula is C21H31ClN4O. The van der Waals surface area contributed by atoms with E-state index in [9.17, 15) is 4.79 Å². The number of likely N-dealkylation sites (tertiary alicyclic amines) is 1. The number of guanidine groups is 1. The number of carbonyl (C=O) groups is 1. The minimum atomic E-state index is 0.257. The van der Waals surface area contributed by atoms with Crippen molar-refractivity contribution in [3.05, 3.63) is 34.9 Å². The third-order valence-corrected chi connectivity index (χ3v) is 5.85. The van der Waals surface area contributed by atoms with Gasteiger partial charge < -0.3 is 15.5 Å². The zero-order valence-electron chi connectivity index (χ0n) is 16.2. The highest BCUT2D eigenvalue weighted by atomic mass is 35.5. The Morgan fingerprint density at radius 3 is 2.81 bits per heavy atom. The summed E-state index contributed by atoms with van der Waals surface area (Å²) in [6.07, 6.45) is 7.70. The molecule has 6 heteroatoms. The number of halogens is 1. The zero-order chi connectivity index (χ0) is 19.1. The number of hydrogen-bond donors (Lipinski definition) is 2. The number of nitrogens with one attached hydrogen (secondary N) is 2. The Balaban J connectivity index is 1.41. The smallest absolute Gasteiger partial charge is 0.225 e. The molecule has 2 N–H and O–H groups in total. The Morgan fingerprint density at radius 1 is 1.26 bits per heavy atom. The van der Waals surface area contributed by atoms with Gasteiger partial charge in [-0.3, -0.25) is 9.79 Å². The van der Waals surface area contributed by atoms with Crippen molar-refractivity contribution in [2.75, 3.05) is 26.7 Å². The molecule has 1 saturated heterocycles. The van der Waals surface area contributed by atoms with E-state index in [4.69, 9.17) is 11.6 Å². The molecule has 3 rings (SSSR count). The van der Waals surface area contributed by atoms with Crippen molar-refractivity contribution in [3.8, 4) is 0 Å². The van der Waals surface area contributed by atoms with Crippen LogP contribution in [0.2, 0.25) is 5.02 Å². The minimum absolute atomic E-state index is 0.257. The molecule has 0 bridgehead atoms. The minimum Gasteiger partial charge on any atom is -0.356 e. The fraction of sp³-hybridized carbons (Fsp3) is 0.619. The molecule has 148 valence electrons. The van der Waals surface area contributed by atoms with Crippen LogP contribution in [0.4, 0.5) is 0 Å². The second-order valence-corrected chi connectivity index (χ2v) is 8.06. The Bertz CT molecular complexity index is 657. The van der Waals surface area contributed by atoms with Crippen LogP contribution in [0.1, 0.15) is 44.1 Å². The second kappa shape index (κ2) is 9.98. The number of aliphatic imine (C=N–C) groups is 1. The van der Waals surface area contributed by atoms with Crippen molar-refractivity contribution in [2.45, 2.75) is 51.0 Å². The molecule has 1 atom stereocenters. The number of carbonyl (C=O) groups excluding carboxylic acids is 1. The normalized spacial score (nSPS) is 21.3. The highest BCUT2D eigenvalue weighted by Gasteiger charge is 2.31. The molecule has 2 fully saturated rings. The molecule has 1 saturated carbocycles. The lowest BCUT2D eigenvalue weighted by Gasteiger charge is -2.26. The van der Waals surface area contributed by atoms with Gasteiger partial charge in [0.05, 0.1) is 0 Å². The number of rotatable bonds is 5. The van der Waals surface area contributed by atoms with E-state index in [1.54, 1.807) is 7.05 Å². The molecule has 0 aromatic heterocycles. The maximum atomic E-state index is 12.7. The molecule has 1 unspecified atom stereocenters. The zero-order valence-corrected chi connectivity index (χ0v) is 17.0. The summed E-state index contributed by atoms with van der Waals surface area (Å²) in [5, 5.41) is 7.60.